The van der Waals surface area contributed by atoms with Gasteiger partial charge in [-0.25, -0.2) is 0 Å². The van der Waals surface area contributed by atoms with Crippen molar-refractivity contribution in [2.24, 2.45) is 5.92 Å². The Morgan fingerprint density at radius 2 is 1.79 bits per heavy atom. The zero-order valence-corrected chi connectivity index (χ0v) is 9.82. The summed E-state index contributed by atoms with van der Waals surface area (Å²) in [5.41, 5.74) is 0. The maximum absolute atomic E-state index is 9.41. The summed E-state index contributed by atoms with van der Waals surface area (Å²) in [7, 11) is 0. The number of aliphatic hydroxyl groups is 1. The molecule has 0 aromatic heterocycles. The van der Waals surface area contributed by atoms with Crippen molar-refractivity contribution in [3.8, 4) is 0 Å². The summed E-state index contributed by atoms with van der Waals surface area (Å²) in [6, 6.07) is 0. The molecule has 0 radical (unpaired) electrons. The SMILES string of the molecule is CCC(O)C(C)OCCOCC(C)C. The molecule has 0 fully saturated rings. The van der Waals surface area contributed by atoms with Crippen molar-refractivity contribution in [2.45, 2.75) is 46.3 Å². The highest BCUT2D eigenvalue weighted by Gasteiger charge is 2.11. The summed E-state index contributed by atoms with van der Waals surface area (Å²) >= 11 is 0. The van der Waals surface area contributed by atoms with Crippen molar-refractivity contribution in [1.29, 1.82) is 0 Å². The van der Waals surface area contributed by atoms with Crippen molar-refractivity contribution >= 4 is 0 Å². The molecule has 86 valence electrons. The minimum Gasteiger partial charge on any atom is -0.390 e. The minimum atomic E-state index is -0.361. The number of hydrogen-bond donors (Lipinski definition) is 1. The maximum Gasteiger partial charge on any atom is 0.0806 e. The molecule has 0 aliphatic heterocycles. The van der Waals surface area contributed by atoms with Crippen molar-refractivity contribution in [3.63, 3.8) is 0 Å². The van der Waals surface area contributed by atoms with Crippen LogP contribution in [0.2, 0.25) is 0 Å². The molecule has 0 bridgehead atoms. The lowest BCUT2D eigenvalue weighted by atomic mass is 10.2. The summed E-state index contributed by atoms with van der Waals surface area (Å²) in [6.45, 7) is 10.0. The molecule has 0 amide bonds. The van der Waals surface area contributed by atoms with Crippen molar-refractivity contribution in [1.82, 2.24) is 0 Å². The molecule has 2 unspecified atom stereocenters. The van der Waals surface area contributed by atoms with E-state index in [1.54, 1.807) is 0 Å². The molecule has 0 rings (SSSR count). The Balaban J connectivity index is 3.27. The number of aliphatic hydroxyl groups excluding tert-OH is 1. The Hall–Kier alpha value is -0.120. The predicted octanol–water partition coefficient (Wildman–Crippen LogP) is 1.83. The Morgan fingerprint density at radius 3 is 2.29 bits per heavy atom. The average Bonchev–Trinajstić information content (AvgIpc) is 2.15. The fraction of sp³-hybridized carbons (Fsp3) is 1.00. The topological polar surface area (TPSA) is 38.7 Å². The Labute approximate surface area is 87.4 Å². The van der Waals surface area contributed by atoms with Crippen LogP contribution in [-0.4, -0.2) is 37.1 Å². The van der Waals surface area contributed by atoms with Crippen molar-refractivity contribution in [2.75, 3.05) is 19.8 Å². The van der Waals surface area contributed by atoms with Gasteiger partial charge in [0.1, 0.15) is 0 Å². The Kier molecular flexibility index (Phi) is 8.14. The molecule has 1 N–H and O–H groups in total. The van der Waals surface area contributed by atoms with Gasteiger partial charge in [-0.2, -0.15) is 0 Å². The molecule has 0 saturated heterocycles. The molecule has 0 aromatic carbocycles. The van der Waals surface area contributed by atoms with Gasteiger partial charge in [0.25, 0.3) is 0 Å². The van der Waals surface area contributed by atoms with Gasteiger partial charge in [-0.3, -0.25) is 0 Å². The van der Waals surface area contributed by atoms with Crippen LogP contribution in [0.5, 0.6) is 0 Å². The van der Waals surface area contributed by atoms with Gasteiger partial charge in [-0.1, -0.05) is 20.8 Å². The lowest BCUT2D eigenvalue weighted by molar-refractivity contribution is -0.0497. The Morgan fingerprint density at radius 1 is 1.14 bits per heavy atom. The van der Waals surface area contributed by atoms with Crippen LogP contribution < -0.4 is 0 Å². The lowest BCUT2D eigenvalue weighted by Gasteiger charge is -2.18. The highest BCUT2D eigenvalue weighted by molar-refractivity contribution is 4.60. The summed E-state index contributed by atoms with van der Waals surface area (Å²) in [5.74, 6) is 0.564. The second kappa shape index (κ2) is 8.21. The van der Waals surface area contributed by atoms with Crippen LogP contribution in [0.15, 0.2) is 0 Å². The van der Waals surface area contributed by atoms with E-state index in [9.17, 15) is 5.11 Å². The first-order chi connectivity index (χ1) is 6.57. The van der Waals surface area contributed by atoms with Gasteiger partial charge >= 0.3 is 0 Å². The molecule has 0 aromatic rings. The van der Waals surface area contributed by atoms with E-state index in [0.717, 1.165) is 13.0 Å². The van der Waals surface area contributed by atoms with Gasteiger partial charge in [0, 0.05) is 6.61 Å². The van der Waals surface area contributed by atoms with Gasteiger partial charge in [0.2, 0.25) is 0 Å². The van der Waals surface area contributed by atoms with Gasteiger partial charge in [-0.05, 0) is 19.3 Å². The summed E-state index contributed by atoms with van der Waals surface area (Å²) in [6.07, 6.45) is 0.274. The van der Waals surface area contributed by atoms with Gasteiger partial charge < -0.3 is 14.6 Å². The Bertz CT molecular complexity index is 126. The zero-order valence-electron chi connectivity index (χ0n) is 9.82. The minimum absolute atomic E-state index is 0.0948. The third-order valence-electron chi connectivity index (χ3n) is 2.02. The smallest absolute Gasteiger partial charge is 0.0806 e. The predicted molar refractivity (Wildman–Crippen MR) is 57.4 cm³/mol. The van der Waals surface area contributed by atoms with E-state index >= 15 is 0 Å². The van der Waals surface area contributed by atoms with E-state index < -0.39 is 0 Å². The second-order valence-corrected chi connectivity index (χ2v) is 4.02. The summed E-state index contributed by atoms with van der Waals surface area (Å²) < 4.78 is 10.8. The third-order valence-corrected chi connectivity index (χ3v) is 2.02. The standard InChI is InChI=1S/C11H24O3/c1-5-11(12)10(4)14-7-6-13-8-9(2)3/h9-12H,5-8H2,1-4H3. The molecule has 3 nitrogen and oxygen atoms in total. The van der Waals surface area contributed by atoms with Crippen LogP contribution in [-0.2, 0) is 9.47 Å². The van der Waals surface area contributed by atoms with E-state index in [4.69, 9.17) is 9.47 Å². The molecule has 2 atom stereocenters. The zero-order chi connectivity index (χ0) is 11.0. The van der Waals surface area contributed by atoms with Crippen molar-refractivity contribution in [3.05, 3.63) is 0 Å². The van der Waals surface area contributed by atoms with Gasteiger partial charge in [0.05, 0.1) is 25.4 Å². The fourth-order valence-electron chi connectivity index (χ4n) is 1.05. The van der Waals surface area contributed by atoms with Gasteiger partial charge in [0.15, 0.2) is 0 Å². The van der Waals surface area contributed by atoms with Crippen LogP contribution in [0.25, 0.3) is 0 Å². The fourth-order valence-corrected chi connectivity index (χ4v) is 1.05. The molecule has 14 heavy (non-hydrogen) atoms. The molecule has 0 spiro atoms. The molecular weight excluding hydrogens is 180 g/mol. The number of rotatable bonds is 8. The number of hydrogen-bond acceptors (Lipinski definition) is 3. The van der Waals surface area contributed by atoms with Crippen LogP contribution >= 0.6 is 0 Å². The van der Waals surface area contributed by atoms with E-state index in [-0.39, 0.29) is 12.2 Å². The van der Waals surface area contributed by atoms with Crippen molar-refractivity contribution < 1.29 is 14.6 Å². The first kappa shape index (κ1) is 13.9. The molecule has 0 aliphatic rings. The van der Waals surface area contributed by atoms with E-state index in [1.165, 1.54) is 0 Å². The molecule has 3 heteroatoms. The van der Waals surface area contributed by atoms with Crippen LogP contribution in [0, 0.1) is 5.92 Å². The lowest BCUT2D eigenvalue weighted by Crippen LogP contribution is -2.26. The summed E-state index contributed by atoms with van der Waals surface area (Å²) in [4.78, 5) is 0. The van der Waals surface area contributed by atoms with E-state index in [1.807, 2.05) is 13.8 Å². The first-order valence-electron chi connectivity index (χ1n) is 5.45. The highest BCUT2D eigenvalue weighted by atomic mass is 16.5. The third kappa shape index (κ3) is 7.30. The van der Waals surface area contributed by atoms with E-state index in [0.29, 0.717) is 19.1 Å². The summed E-state index contributed by atoms with van der Waals surface area (Å²) in [5, 5.41) is 9.41. The van der Waals surface area contributed by atoms with E-state index in [2.05, 4.69) is 13.8 Å². The largest absolute Gasteiger partial charge is 0.390 e. The maximum atomic E-state index is 9.41. The normalized spacial score (nSPS) is 15.9. The van der Waals surface area contributed by atoms with Gasteiger partial charge in [-0.15, -0.1) is 0 Å². The molecular formula is C11H24O3. The molecule has 0 aliphatic carbocycles. The van der Waals surface area contributed by atoms with Crippen LogP contribution in [0.3, 0.4) is 0 Å². The molecule has 0 saturated carbocycles. The quantitative estimate of drug-likeness (QED) is 0.613. The second-order valence-electron chi connectivity index (χ2n) is 4.02. The van der Waals surface area contributed by atoms with Crippen LogP contribution in [0.4, 0.5) is 0 Å². The average molecular weight is 204 g/mol. The first-order valence-corrected chi connectivity index (χ1v) is 5.45. The number of ether oxygens (including phenoxy) is 2. The highest BCUT2D eigenvalue weighted by Crippen LogP contribution is 2.02. The molecule has 0 heterocycles. The monoisotopic (exact) mass is 204 g/mol. The van der Waals surface area contributed by atoms with Crippen LogP contribution in [0.1, 0.15) is 34.1 Å².